The van der Waals surface area contributed by atoms with Crippen molar-refractivity contribution in [2.75, 3.05) is 7.11 Å². The number of ether oxygens (including phenoxy) is 2. The van der Waals surface area contributed by atoms with Gasteiger partial charge in [-0.05, 0) is 110 Å². The third-order valence-corrected chi connectivity index (χ3v) is 14.2. The molecule has 1 saturated heterocycles. The molecule has 12 atom stereocenters. The molecule has 2 bridgehead atoms. The molecule has 0 radical (unpaired) electrons. The number of aliphatic hydroxyl groups is 1. The number of fused-ring (bicyclic) bond motifs is 6. The van der Waals surface area contributed by atoms with E-state index in [1.54, 1.807) is 0 Å². The van der Waals surface area contributed by atoms with E-state index in [-0.39, 0.29) is 28.8 Å². The van der Waals surface area contributed by atoms with Gasteiger partial charge in [0.25, 0.3) is 0 Å². The van der Waals surface area contributed by atoms with Crippen LogP contribution in [-0.4, -0.2) is 30.2 Å². The summed E-state index contributed by atoms with van der Waals surface area (Å²) in [6.07, 6.45) is 14.6. The molecule has 3 nitrogen and oxygen atoms in total. The Bertz CT molecular complexity index is 895. The molecule has 3 heteroatoms. The highest BCUT2D eigenvalue weighted by molar-refractivity contribution is 5.28. The first-order valence-corrected chi connectivity index (χ1v) is 14.4. The molecule has 7 aliphatic rings. The number of rotatable bonds is 1. The lowest BCUT2D eigenvalue weighted by atomic mass is 9.31. The normalized spacial score (nSPS) is 61.7. The Kier molecular flexibility index (Phi) is 4.89. The van der Waals surface area contributed by atoms with E-state index in [0.717, 1.165) is 18.3 Å². The summed E-state index contributed by atoms with van der Waals surface area (Å²) in [5.41, 5.74) is 0.926. The predicted molar refractivity (Wildman–Crippen MR) is 136 cm³/mol. The molecular weight excluding hydrogens is 420 g/mol. The summed E-state index contributed by atoms with van der Waals surface area (Å²) in [5, 5.41) is 10.9. The smallest absolute Gasteiger partial charge is 0.167 e. The Morgan fingerprint density at radius 1 is 0.824 bits per heavy atom. The molecule has 7 rings (SSSR count). The van der Waals surface area contributed by atoms with Gasteiger partial charge in [-0.2, -0.15) is 0 Å². The third kappa shape index (κ3) is 2.51. The highest BCUT2D eigenvalue weighted by Crippen LogP contribution is 2.77. The molecule has 0 aromatic heterocycles. The Balaban J connectivity index is 1.41. The second-order valence-electron chi connectivity index (χ2n) is 15.2. The van der Waals surface area contributed by atoms with Crippen LogP contribution < -0.4 is 0 Å². The maximum Gasteiger partial charge on any atom is 0.167 e. The van der Waals surface area contributed by atoms with Crippen molar-refractivity contribution in [2.24, 2.45) is 56.7 Å². The first-order valence-electron chi connectivity index (χ1n) is 14.4. The second kappa shape index (κ2) is 6.93. The van der Waals surface area contributed by atoms with Crippen LogP contribution in [0, 0.1) is 56.7 Å². The lowest BCUT2D eigenvalue weighted by Crippen LogP contribution is -2.71. The van der Waals surface area contributed by atoms with Gasteiger partial charge in [-0.25, -0.2) is 0 Å². The van der Waals surface area contributed by atoms with Gasteiger partial charge in [-0.3, -0.25) is 0 Å². The summed E-state index contributed by atoms with van der Waals surface area (Å²) in [4.78, 5) is 0. The Morgan fingerprint density at radius 3 is 2.26 bits per heavy atom. The quantitative estimate of drug-likeness (QED) is 0.420. The zero-order chi connectivity index (χ0) is 24.5. The molecule has 192 valence electrons. The summed E-state index contributed by atoms with van der Waals surface area (Å²) in [7, 11) is 1.85. The standard InChI is InChI=1S/C31H50O3/c1-19-24-20-9-10-22-27(4)13-12-23(32)26(2,3)21(27)11-14-29(22,6)28(20,5)15-17-31(24)18-16-30(19,7)34-25(31)33-8/h16,18-25,32H,9-15,17H2,1-8H3/t19-,20+,21-,22+,23-,24+,25?,27-,28+,29+,30-,31+/m0/s1. The highest BCUT2D eigenvalue weighted by atomic mass is 16.7. The molecule has 0 aromatic carbocycles. The van der Waals surface area contributed by atoms with E-state index in [1.165, 1.54) is 44.9 Å². The van der Waals surface area contributed by atoms with Gasteiger partial charge >= 0.3 is 0 Å². The molecular formula is C31H50O3. The van der Waals surface area contributed by atoms with Gasteiger partial charge < -0.3 is 14.6 Å². The molecule has 0 amide bonds. The first kappa shape index (κ1) is 24.0. The maximum absolute atomic E-state index is 10.9. The lowest BCUT2D eigenvalue weighted by Gasteiger charge is -2.75. The lowest BCUT2D eigenvalue weighted by molar-refractivity contribution is -0.341. The minimum Gasteiger partial charge on any atom is -0.393 e. The molecule has 1 N–H and O–H groups in total. The van der Waals surface area contributed by atoms with Crippen molar-refractivity contribution >= 4 is 0 Å². The Morgan fingerprint density at radius 2 is 1.56 bits per heavy atom. The van der Waals surface area contributed by atoms with Gasteiger partial charge in [0.1, 0.15) is 0 Å². The molecule has 5 aliphatic carbocycles. The van der Waals surface area contributed by atoms with Crippen molar-refractivity contribution in [1.29, 1.82) is 0 Å². The fourth-order valence-electron chi connectivity index (χ4n) is 12.0. The molecule has 0 aromatic rings. The summed E-state index contributed by atoms with van der Waals surface area (Å²) >= 11 is 0. The van der Waals surface area contributed by atoms with Crippen LogP contribution in [0.15, 0.2) is 12.2 Å². The fraction of sp³-hybridized carbons (Fsp3) is 0.935. The van der Waals surface area contributed by atoms with Crippen molar-refractivity contribution in [3.8, 4) is 0 Å². The zero-order valence-electron chi connectivity index (χ0n) is 23.1. The molecule has 2 aliphatic heterocycles. The molecule has 2 heterocycles. The van der Waals surface area contributed by atoms with E-state index >= 15 is 0 Å². The molecule has 34 heavy (non-hydrogen) atoms. The minimum absolute atomic E-state index is 0.0299. The topological polar surface area (TPSA) is 38.7 Å². The van der Waals surface area contributed by atoms with Gasteiger partial charge in [0.2, 0.25) is 0 Å². The second-order valence-corrected chi connectivity index (χ2v) is 15.2. The van der Waals surface area contributed by atoms with Gasteiger partial charge in [-0.1, -0.05) is 53.7 Å². The fourth-order valence-corrected chi connectivity index (χ4v) is 12.0. The molecule has 1 spiro atoms. The van der Waals surface area contributed by atoms with Crippen LogP contribution in [0.5, 0.6) is 0 Å². The molecule has 4 saturated carbocycles. The van der Waals surface area contributed by atoms with Crippen LogP contribution in [0.3, 0.4) is 0 Å². The van der Waals surface area contributed by atoms with E-state index in [9.17, 15) is 5.11 Å². The van der Waals surface area contributed by atoms with Crippen LogP contribution in [0.4, 0.5) is 0 Å². The van der Waals surface area contributed by atoms with Crippen LogP contribution in [-0.2, 0) is 9.47 Å². The molecule has 5 fully saturated rings. The SMILES string of the molecule is COC1O[C@@]2(C)C=C[C@@]13CC[C@]1(C)[C@H](CC[C@@H]4[C@@]5(C)CC[C@H](O)C(C)(C)[C@@H]5CC[C@]41C)[C@H]3[C@@H]2C. The van der Waals surface area contributed by atoms with Crippen molar-refractivity contribution < 1.29 is 14.6 Å². The van der Waals surface area contributed by atoms with Gasteiger partial charge in [-0.15, -0.1) is 0 Å². The minimum atomic E-state index is -0.212. The van der Waals surface area contributed by atoms with Crippen molar-refractivity contribution in [3.63, 3.8) is 0 Å². The number of aliphatic hydroxyl groups excluding tert-OH is 1. The van der Waals surface area contributed by atoms with Crippen molar-refractivity contribution in [3.05, 3.63) is 12.2 Å². The van der Waals surface area contributed by atoms with Crippen LogP contribution in [0.2, 0.25) is 0 Å². The van der Waals surface area contributed by atoms with Gasteiger partial charge in [0.15, 0.2) is 6.29 Å². The predicted octanol–water partition coefficient (Wildman–Crippen LogP) is 6.99. The van der Waals surface area contributed by atoms with Crippen molar-refractivity contribution in [1.82, 2.24) is 0 Å². The molecule has 1 unspecified atom stereocenters. The first-order chi connectivity index (χ1) is 15.8. The number of methoxy groups -OCH3 is 1. The van der Waals surface area contributed by atoms with Crippen LogP contribution in [0.1, 0.15) is 99.8 Å². The zero-order valence-corrected chi connectivity index (χ0v) is 23.1. The van der Waals surface area contributed by atoms with E-state index in [2.05, 4.69) is 60.6 Å². The number of hydrogen-bond acceptors (Lipinski definition) is 3. The third-order valence-electron chi connectivity index (χ3n) is 14.2. The average Bonchev–Trinajstić information content (AvgIpc) is 2.78. The van der Waals surface area contributed by atoms with Crippen molar-refractivity contribution in [2.45, 2.75) is 118 Å². The summed E-state index contributed by atoms with van der Waals surface area (Å²) in [6, 6.07) is 0. The average molecular weight is 471 g/mol. The Labute approximate surface area is 208 Å². The Hall–Kier alpha value is -0.380. The summed E-state index contributed by atoms with van der Waals surface area (Å²) in [6.45, 7) is 17.5. The summed E-state index contributed by atoms with van der Waals surface area (Å²) in [5.74, 6) is 3.27. The van der Waals surface area contributed by atoms with Gasteiger partial charge in [0.05, 0.1) is 11.7 Å². The van der Waals surface area contributed by atoms with Crippen LogP contribution >= 0.6 is 0 Å². The monoisotopic (exact) mass is 470 g/mol. The van der Waals surface area contributed by atoms with E-state index < -0.39 is 0 Å². The summed E-state index contributed by atoms with van der Waals surface area (Å²) < 4.78 is 12.7. The van der Waals surface area contributed by atoms with E-state index in [4.69, 9.17) is 9.47 Å². The number of hydrogen-bond donors (Lipinski definition) is 1. The largest absolute Gasteiger partial charge is 0.393 e. The van der Waals surface area contributed by atoms with Crippen LogP contribution in [0.25, 0.3) is 0 Å². The van der Waals surface area contributed by atoms with E-state index in [0.29, 0.717) is 34.0 Å². The van der Waals surface area contributed by atoms with Gasteiger partial charge in [0, 0.05) is 12.5 Å². The highest BCUT2D eigenvalue weighted by Gasteiger charge is 2.73. The maximum atomic E-state index is 10.9. The van der Waals surface area contributed by atoms with E-state index in [1.807, 2.05) is 7.11 Å².